The van der Waals surface area contributed by atoms with Crippen molar-refractivity contribution in [2.45, 2.75) is 12.6 Å². The molecule has 1 aromatic rings. The van der Waals surface area contributed by atoms with E-state index in [4.69, 9.17) is 15.3 Å². The van der Waals surface area contributed by atoms with Crippen LogP contribution in [0.1, 0.15) is 5.56 Å². The zero-order valence-electron chi connectivity index (χ0n) is 13.6. The number of morpholine rings is 1. The third-order valence-electron chi connectivity index (χ3n) is 3.77. The molecule has 0 saturated carbocycles. The van der Waals surface area contributed by atoms with Gasteiger partial charge in [-0.2, -0.15) is 10.5 Å². The van der Waals surface area contributed by atoms with Gasteiger partial charge in [0, 0.05) is 33.2 Å². The summed E-state index contributed by atoms with van der Waals surface area (Å²) < 4.78 is 18.7. The number of nitrogens with zero attached hydrogens (tertiary/aromatic N) is 3. The van der Waals surface area contributed by atoms with Crippen molar-refractivity contribution in [3.63, 3.8) is 0 Å². The number of rotatable bonds is 6. The summed E-state index contributed by atoms with van der Waals surface area (Å²) in [5, 5.41) is 23.7. The van der Waals surface area contributed by atoms with E-state index in [9.17, 15) is 4.39 Å². The Morgan fingerprint density at radius 3 is 2.67 bits per heavy atom. The summed E-state index contributed by atoms with van der Waals surface area (Å²) in [6.45, 7) is 3.36. The van der Waals surface area contributed by atoms with Crippen LogP contribution in [0.3, 0.4) is 0 Å². The Morgan fingerprint density at radius 1 is 1.33 bits per heavy atom. The summed E-state index contributed by atoms with van der Waals surface area (Å²) >= 11 is 0. The third kappa shape index (κ3) is 4.95. The molecule has 1 heterocycles. The van der Waals surface area contributed by atoms with Crippen molar-refractivity contribution in [2.75, 3.05) is 33.3 Å². The second kappa shape index (κ2) is 8.88. The van der Waals surface area contributed by atoms with Gasteiger partial charge in [-0.25, -0.2) is 4.39 Å². The third-order valence-corrected chi connectivity index (χ3v) is 3.77. The maximum atomic E-state index is 13.0. The SMILES string of the molecule is CNC(NCC1CN(Cc2ccc(F)cc2)CCO1)=C(C#N)C#N. The molecule has 1 fully saturated rings. The fraction of sp³-hybridized carbons (Fsp3) is 0.412. The monoisotopic (exact) mass is 329 g/mol. The van der Waals surface area contributed by atoms with Crippen LogP contribution in [0.5, 0.6) is 0 Å². The van der Waals surface area contributed by atoms with Crippen LogP contribution < -0.4 is 10.6 Å². The molecular weight excluding hydrogens is 309 g/mol. The largest absolute Gasteiger partial charge is 0.374 e. The molecule has 1 saturated heterocycles. The summed E-state index contributed by atoms with van der Waals surface area (Å²) in [6.07, 6.45) is -0.0545. The first-order chi connectivity index (χ1) is 11.7. The Labute approximate surface area is 141 Å². The highest BCUT2D eigenvalue weighted by atomic mass is 19.1. The van der Waals surface area contributed by atoms with E-state index in [0.717, 1.165) is 25.2 Å². The Balaban J connectivity index is 1.89. The molecule has 1 aliphatic heterocycles. The molecule has 1 atom stereocenters. The van der Waals surface area contributed by atoms with E-state index in [1.165, 1.54) is 12.1 Å². The molecule has 0 aliphatic carbocycles. The minimum Gasteiger partial charge on any atom is -0.374 e. The van der Waals surface area contributed by atoms with Gasteiger partial charge in [0.15, 0.2) is 5.57 Å². The Hall–Kier alpha value is -2.61. The molecule has 1 unspecified atom stereocenters. The number of nitriles is 2. The lowest BCUT2D eigenvalue weighted by Gasteiger charge is -2.33. The van der Waals surface area contributed by atoms with E-state index in [1.54, 1.807) is 19.2 Å². The fourth-order valence-electron chi connectivity index (χ4n) is 2.55. The Kier molecular flexibility index (Phi) is 6.56. The molecule has 7 heteroatoms. The maximum Gasteiger partial charge on any atom is 0.169 e. The summed E-state index contributed by atoms with van der Waals surface area (Å²) in [7, 11) is 1.65. The summed E-state index contributed by atoms with van der Waals surface area (Å²) in [5.41, 5.74) is 1.06. The van der Waals surface area contributed by atoms with E-state index in [-0.39, 0.29) is 17.5 Å². The maximum absolute atomic E-state index is 13.0. The number of hydrogen-bond donors (Lipinski definition) is 2. The standard InChI is InChI=1S/C17H20FN5O/c1-21-17(14(8-19)9-20)22-10-16-12-23(6-7-24-16)11-13-2-4-15(18)5-3-13/h2-5,16,21-22H,6-7,10-12H2,1H3. The van der Waals surface area contributed by atoms with Crippen molar-refractivity contribution < 1.29 is 9.13 Å². The van der Waals surface area contributed by atoms with Crippen molar-refractivity contribution >= 4 is 0 Å². The molecule has 1 aromatic carbocycles. The zero-order valence-corrected chi connectivity index (χ0v) is 13.6. The summed E-state index contributed by atoms with van der Waals surface area (Å²) in [6, 6.07) is 10.2. The molecule has 0 amide bonds. The van der Waals surface area contributed by atoms with Gasteiger partial charge in [0.2, 0.25) is 0 Å². The predicted molar refractivity (Wildman–Crippen MR) is 86.7 cm³/mol. The van der Waals surface area contributed by atoms with E-state index in [0.29, 0.717) is 19.0 Å². The minimum atomic E-state index is -0.236. The molecule has 6 nitrogen and oxygen atoms in total. The van der Waals surface area contributed by atoms with Crippen LogP contribution in [-0.4, -0.2) is 44.3 Å². The second-order valence-corrected chi connectivity index (χ2v) is 5.46. The van der Waals surface area contributed by atoms with Gasteiger partial charge in [-0.05, 0) is 17.7 Å². The molecule has 0 bridgehead atoms. The number of allylic oxidation sites excluding steroid dienone is 1. The predicted octanol–water partition coefficient (Wildman–Crippen LogP) is 1.09. The first-order valence-electron chi connectivity index (χ1n) is 7.70. The van der Waals surface area contributed by atoms with E-state index in [2.05, 4.69) is 15.5 Å². The van der Waals surface area contributed by atoms with Crippen LogP contribution >= 0.6 is 0 Å². The Morgan fingerprint density at radius 2 is 2.04 bits per heavy atom. The van der Waals surface area contributed by atoms with Crippen molar-refractivity contribution in [2.24, 2.45) is 0 Å². The van der Waals surface area contributed by atoms with Gasteiger partial charge < -0.3 is 15.4 Å². The zero-order chi connectivity index (χ0) is 17.4. The van der Waals surface area contributed by atoms with Gasteiger partial charge >= 0.3 is 0 Å². The lowest BCUT2D eigenvalue weighted by molar-refractivity contribution is -0.0290. The molecule has 24 heavy (non-hydrogen) atoms. The molecule has 0 aromatic heterocycles. The van der Waals surface area contributed by atoms with E-state index in [1.807, 2.05) is 12.1 Å². The lowest BCUT2D eigenvalue weighted by atomic mass is 10.2. The first kappa shape index (κ1) is 17.7. The van der Waals surface area contributed by atoms with E-state index >= 15 is 0 Å². The summed E-state index contributed by atoms with van der Waals surface area (Å²) in [5.74, 6) is 0.166. The summed E-state index contributed by atoms with van der Waals surface area (Å²) in [4.78, 5) is 2.24. The van der Waals surface area contributed by atoms with Gasteiger partial charge in [-0.1, -0.05) is 12.1 Å². The molecule has 2 N–H and O–H groups in total. The molecule has 0 radical (unpaired) electrons. The van der Waals surface area contributed by atoms with Gasteiger partial charge in [0.25, 0.3) is 0 Å². The van der Waals surface area contributed by atoms with Crippen LogP contribution in [-0.2, 0) is 11.3 Å². The van der Waals surface area contributed by atoms with Crippen LogP contribution in [0.25, 0.3) is 0 Å². The van der Waals surface area contributed by atoms with Crippen LogP contribution in [0.4, 0.5) is 4.39 Å². The highest BCUT2D eigenvalue weighted by molar-refractivity contribution is 5.38. The number of ether oxygens (including phenoxy) is 1. The highest BCUT2D eigenvalue weighted by Crippen LogP contribution is 2.11. The van der Waals surface area contributed by atoms with Gasteiger partial charge in [-0.15, -0.1) is 0 Å². The molecule has 2 rings (SSSR count). The van der Waals surface area contributed by atoms with Crippen molar-refractivity contribution in [3.8, 4) is 12.1 Å². The van der Waals surface area contributed by atoms with Crippen LogP contribution in [0.2, 0.25) is 0 Å². The smallest absolute Gasteiger partial charge is 0.169 e. The van der Waals surface area contributed by atoms with Gasteiger partial charge in [0.05, 0.1) is 12.7 Å². The Bertz CT molecular complexity index is 643. The van der Waals surface area contributed by atoms with Crippen molar-refractivity contribution in [3.05, 3.63) is 47.0 Å². The van der Waals surface area contributed by atoms with Crippen molar-refractivity contribution in [1.29, 1.82) is 10.5 Å². The normalized spacial score (nSPS) is 17.4. The van der Waals surface area contributed by atoms with E-state index < -0.39 is 0 Å². The number of benzene rings is 1. The van der Waals surface area contributed by atoms with Gasteiger partial charge in [-0.3, -0.25) is 4.90 Å². The highest BCUT2D eigenvalue weighted by Gasteiger charge is 2.21. The van der Waals surface area contributed by atoms with Gasteiger partial charge in [0.1, 0.15) is 23.8 Å². The molecule has 126 valence electrons. The van der Waals surface area contributed by atoms with Crippen LogP contribution in [0, 0.1) is 28.5 Å². The second-order valence-electron chi connectivity index (χ2n) is 5.46. The molecular formula is C17H20FN5O. The number of nitrogens with one attached hydrogen (secondary N) is 2. The number of halogens is 1. The molecule has 1 aliphatic rings. The topological polar surface area (TPSA) is 84.1 Å². The minimum absolute atomic E-state index is 0.0106. The quantitative estimate of drug-likeness (QED) is 0.760. The lowest BCUT2D eigenvalue weighted by Crippen LogP contribution is -2.46. The van der Waals surface area contributed by atoms with Crippen molar-refractivity contribution in [1.82, 2.24) is 15.5 Å². The van der Waals surface area contributed by atoms with Crippen LogP contribution in [0.15, 0.2) is 35.7 Å². The number of hydrogen-bond acceptors (Lipinski definition) is 6. The molecule has 0 spiro atoms. The average Bonchev–Trinajstić information content (AvgIpc) is 2.61. The first-order valence-corrected chi connectivity index (χ1v) is 7.70. The fourth-order valence-corrected chi connectivity index (χ4v) is 2.55. The average molecular weight is 329 g/mol.